The van der Waals surface area contributed by atoms with Gasteiger partial charge in [-0.1, -0.05) is 11.6 Å². The lowest BCUT2D eigenvalue weighted by molar-refractivity contribution is -0.384. The van der Waals surface area contributed by atoms with E-state index in [-0.39, 0.29) is 17.1 Å². The van der Waals surface area contributed by atoms with Gasteiger partial charge in [-0.15, -0.1) is 0 Å². The molecule has 1 aromatic carbocycles. The first kappa shape index (κ1) is 16.5. The van der Waals surface area contributed by atoms with Crippen molar-refractivity contribution in [3.05, 3.63) is 38.9 Å². The lowest BCUT2D eigenvalue weighted by Crippen LogP contribution is -2.48. The summed E-state index contributed by atoms with van der Waals surface area (Å²) in [4.78, 5) is 22.8. The van der Waals surface area contributed by atoms with Crippen molar-refractivity contribution in [1.82, 2.24) is 4.90 Å². The van der Waals surface area contributed by atoms with Crippen molar-refractivity contribution < 1.29 is 28.0 Å². The van der Waals surface area contributed by atoms with Crippen LogP contribution < -0.4 is 0 Å². The molecule has 0 saturated carbocycles. The minimum absolute atomic E-state index is 0.0815. The molecule has 0 radical (unpaired) electrons. The molecular formula is C12H10ClF3N2O4. The van der Waals surface area contributed by atoms with E-state index in [1.807, 2.05) is 0 Å². The normalized spacial score (nSPS) is 22.0. The summed E-state index contributed by atoms with van der Waals surface area (Å²) in [5.74, 6) is -0.781. The van der Waals surface area contributed by atoms with E-state index in [2.05, 4.69) is 0 Å². The SMILES string of the molecule is O=C(c1ccc([N+](=O)[O-])c(Cl)c1)N1CC[C@](O)(C(F)(F)F)C1. The van der Waals surface area contributed by atoms with Crippen molar-refractivity contribution in [1.29, 1.82) is 0 Å². The first-order valence-electron chi connectivity index (χ1n) is 6.07. The quantitative estimate of drug-likeness (QED) is 0.663. The average Bonchev–Trinajstić information content (AvgIpc) is 2.81. The monoisotopic (exact) mass is 338 g/mol. The predicted octanol–water partition coefficient (Wildman–Crippen LogP) is 2.39. The van der Waals surface area contributed by atoms with Gasteiger partial charge in [-0.05, 0) is 12.1 Å². The molecule has 2 rings (SSSR count). The third-order valence-corrected chi connectivity index (χ3v) is 3.76. The fourth-order valence-electron chi connectivity index (χ4n) is 2.17. The number of nitrogens with zero attached hydrogens (tertiary/aromatic N) is 2. The Morgan fingerprint density at radius 1 is 1.45 bits per heavy atom. The van der Waals surface area contributed by atoms with E-state index in [1.54, 1.807) is 0 Å². The molecule has 0 spiro atoms. The summed E-state index contributed by atoms with van der Waals surface area (Å²) in [6.07, 6.45) is -5.46. The second-order valence-electron chi connectivity index (χ2n) is 4.93. The molecule has 1 aliphatic heterocycles. The van der Waals surface area contributed by atoms with Gasteiger partial charge in [0.1, 0.15) is 5.02 Å². The van der Waals surface area contributed by atoms with E-state index >= 15 is 0 Å². The van der Waals surface area contributed by atoms with E-state index in [0.717, 1.165) is 23.1 Å². The van der Waals surface area contributed by atoms with Crippen molar-refractivity contribution in [2.45, 2.75) is 18.2 Å². The Bertz CT molecular complexity index is 637. The molecule has 6 nitrogen and oxygen atoms in total. The molecular weight excluding hydrogens is 329 g/mol. The van der Waals surface area contributed by atoms with Crippen molar-refractivity contribution in [3.63, 3.8) is 0 Å². The van der Waals surface area contributed by atoms with Gasteiger partial charge in [-0.25, -0.2) is 0 Å². The Hall–Kier alpha value is -1.87. The molecule has 0 aliphatic carbocycles. The zero-order valence-corrected chi connectivity index (χ0v) is 11.7. The van der Waals surface area contributed by atoms with Crippen LogP contribution in [0.25, 0.3) is 0 Å². The van der Waals surface area contributed by atoms with Crippen molar-refractivity contribution >= 4 is 23.2 Å². The van der Waals surface area contributed by atoms with E-state index in [0.29, 0.717) is 0 Å². The van der Waals surface area contributed by atoms with Crippen LogP contribution in [-0.4, -0.2) is 45.7 Å². The standard InChI is InChI=1S/C12H10ClF3N2O4/c13-8-5-7(1-2-9(8)18(21)22)10(19)17-4-3-11(20,6-17)12(14,15)16/h1-2,5,20H,3-4,6H2/t11-/m1/s1. The number of halogens is 4. The van der Waals surface area contributed by atoms with Crippen LogP contribution in [0.15, 0.2) is 18.2 Å². The van der Waals surface area contributed by atoms with Crippen LogP contribution in [0.4, 0.5) is 18.9 Å². The van der Waals surface area contributed by atoms with Crippen LogP contribution in [-0.2, 0) is 0 Å². The fraction of sp³-hybridized carbons (Fsp3) is 0.417. The summed E-state index contributed by atoms with van der Waals surface area (Å²) in [7, 11) is 0. The number of likely N-dealkylation sites (tertiary alicyclic amines) is 1. The van der Waals surface area contributed by atoms with Gasteiger partial charge in [-0.3, -0.25) is 14.9 Å². The molecule has 1 heterocycles. The number of carbonyl (C=O) groups is 1. The molecule has 1 saturated heterocycles. The minimum atomic E-state index is -4.84. The maximum absolute atomic E-state index is 12.7. The maximum atomic E-state index is 12.7. The van der Waals surface area contributed by atoms with Crippen molar-refractivity contribution in [2.75, 3.05) is 13.1 Å². The zero-order valence-electron chi connectivity index (χ0n) is 10.9. The predicted molar refractivity (Wildman–Crippen MR) is 69.6 cm³/mol. The highest BCUT2D eigenvalue weighted by molar-refractivity contribution is 6.33. The van der Waals surface area contributed by atoms with Gasteiger partial charge in [0.25, 0.3) is 11.6 Å². The van der Waals surface area contributed by atoms with Gasteiger partial charge in [0.2, 0.25) is 0 Å². The fourth-order valence-corrected chi connectivity index (χ4v) is 2.42. The number of hydrogen-bond donors (Lipinski definition) is 1. The van der Waals surface area contributed by atoms with Gasteiger partial charge < -0.3 is 10.0 Å². The highest BCUT2D eigenvalue weighted by Gasteiger charge is 2.57. The van der Waals surface area contributed by atoms with Crippen LogP contribution in [0.5, 0.6) is 0 Å². The summed E-state index contributed by atoms with van der Waals surface area (Å²) >= 11 is 5.66. The smallest absolute Gasteiger partial charge is 0.379 e. The van der Waals surface area contributed by atoms with E-state index in [4.69, 9.17) is 11.6 Å². The van der Waals surface area contributed by atoms with Gasteiger partial charge >= 0.3 is 6.18 Å². The number of β-amino-alcohol motifs (C(OH)–C–C–N with tert-alkyl or cyclic N) is 1. The number of amides is 1. The minimum Gasteiger partial charge on any atom is -0.379 e. The van der Waals surface area contributed by atoms with Crippen LogP contribution >= 0.6 is 11.6 Å². The molecule has 22 heavy (non-hydrogen) atoms. The van der Waals surface area contributed by atoms with Gasteiger partial charge in [-0.2, -0.15) is 13.2 Å². The molecule has 1 amide bonds. The third-order valence-electron chi connectivity index (χ3n) is 3.45. The first-order chi connectivity index (χ1) is 10.0. The molecule has 10 heteroatoms. The Morgan fingerprint density at radius 2 is 2.09 bits per heavy atom. The molecule has 0 aromatic heterocycles. The molecule has 0 unspecified atom stereocenters. The van der Waals surface area contributed by atoms with E-state index in [1.165, 1.54) is 0 Å². The zero-order chi connectivity index (χ0) is 16.7. The molecule has 120 valence electrons. The second-order valence-corrected chi connectivity index (χ2v) is 5.34. The third kappa shape index (κ3) is 2.86. The summed E-state index contributed by atoms with van der Waals surface area (Å²) < 4.78 is 38.1. The maximum Gasteiger partial charge on any atom is 0.419 e. The number of rotatable bonds is 2. The van der Waals surface area contributed by atoms with Crippen LogP contribution in [0, 0.1) is 10.1 Å². The largest absolute Gasteiger partial charge is 0.419 e. The van der Waals surface area contributed by atoms with E-state index in [9.17, 15) is 33.2 Å². The summed E-state index contributed by atoms with van der Waals surface area (Å²) in [5, 5.41) is 19.9. The Kier molecular flexibility index (Phi) is 4.05. The van der Waals surface area contributed by atoms with Gasteiger partial charge in [0.05, 0.1) is 11.5 Å². The second kappa shape index (κ2) is 5.40. The molecule has 0 bridgehead atoms. The van der Waals surface area contributed by atoms with Crippen LogP contribution in [0.1, 0.15) is 16.8 Å². The Labute approximate surface area is 127 Å². The highest BCUT2D eigenvalue weighted by atomic mass is 35.5. The summed E-state index contributed by atoms with van der Waals surface area (Å²) in [6, 6.07) is 3.13. The number of benzene rings is 1. The van der Waals surface area contributed by atoms with Gasteiger partial charge in [0.15, 0.2) is 5.60 Å². The molecule has 1 N–H and O–H groups in total. The number of nitro benzene ring substituents is 1. The highest BCUT2D eigenvalue weighted by Crippen LogP contribution is 2.38. The number of aliphatic hydroxyl groups is 1. The van der Waals surface area contributed by atoms with Crippen molar-refractivity contribution in [2.24, 2.45) is 0 Å². The number of hydrogen-bond acceptors (Lipinski definition) is 4. The topological polar surface area (TPSA) is 83.7 Å². The molecule has 1 aliphatic rings. The Morgan fingerprint density at radius 3 is 2.55 bits per heavy atom. The number of alkyl halides is 3. The first-order valence-corrected chi connectivity index (χ1v) is 6.45. The lowest BCUT2D eigenvalue weighted by atomic mass is 10.0. The summed E-state index contributed by atoms with van der Waals surface area (Å²) in [6.45, 7) is -1.16. The lowest BCUT2D eigenvalue weighted by Gasteiger charge is -2.25. The molecule has 1 atom stereocenters. The van der Waals surface area contributed by atoms with Crippen LogP contribution in [0.3, 0.4) is 0 Å². The number of nitro groups is 1. The molecule has 1 aromatic rings. The van der Waals surface area contributed by atoms with Crippen LogP contribution in [0.2, 0.25) is 5.02 Å². The number of carbonyl (C=O) groups excluding carboxylic acids is 1. The Balaban J connectivity index is 2.20. The van der Waals surface area contributed by atoms with Crippen molar-refractivity contribution in [3.8, 4) is 0 Å². The molecule has 1 fully saturated rings. The average molecular weight is 339 g/mol. The van der Waals surface area contributed by atoms with Gasteiger partial charge in [0, 0.05) is 24.6 Å². The summed E-state index contributed by atoms with van der Waals surface area (Å²) in [5.41, 5.74) is -3.43. The van der Waals surface area contributed by atoms with E-state index < -0.39 is 41.3 Å².